The summed E-state index contributed by atoms with van der Waals surface area (Å²) in [6.07, 6.45) is 1.54. The zero-order valence-electron chi connectivity index (χ0n) is 10.5. The molecule has 3 nitrogen and oxygen atoms in total. The average molecular weight is 296 g/mol. The Hall–Kier alpha value is -1.39. The summed E-state index contributed by atoms with van der Waals surface area (Å²) >= 11 is 7.33. The van der Waals surface area contributed by atoms with Crippen LogP contribution in [0.2, 0.25) is 5.02 Å². The lowest BCUT2D eigenvalue weighted by atomic mass is 10.2. The summed E-state index contributed by atoms with van der Waals surface area (Å²) in [4.78, 5) is 16.2. The number of aromatic nitrogens is 1. The molecule has 100 valence electrons. The van der Waals surface area contributed by atoms with Gasteiger partial charge >= 0.3 is 5.97 Å². The molecule has 5 heteroatoms. The number of aliphatic carboxylic acids is 1. The molecule has 0 bridgehead atoms. The third kappa shape index (κ3) is 3.78. The van der Waals surface area contributed by atoms with Gasteiger partial charge in [0.05, 0.1) is 17.1 Å². The Morgan fingerprint density at radius 2 is 2.05 bits per heavy atom. The second-order valence-corrected chi connectivity index (χ2v) is 5.81. The minimum Gasteiger partial charge on any atom is -0.481 e. The summed E-state index contributed by atoms with van der Waals surface area (Å²) in [6.45, 7) is 1.99. The van der Waals surface area contributed by atoms with Crippen molar-refractivity contribution in [3.63, 3.8) is 0 Å². The Morgan fingerprint density at radius 3 is 2.63 bits per heavy atom. The first-order chi connectivity index (χ1) is 9.08. The van der Waals surface area contributed by atoms with Crippen molar-refractivity contribution in [3.05, 3.63) is 50.4 Å². The number of hydrogen-bond acceptors (Lipinski definition) is 3. The van der Waals surface area contributed by atoms with Crippen LogP contribution in [0.5, 0.6) is 0 Å². The van der Waals surface area contributed by atoms with Gasteiger partial charge in [0.1, 0.15) is 0 Å². The van der Waals surface area contributed by atoms with Crippen LogP contribution in [0.15, 0.2) is 24.3 Å². The first kappa shape index (κ1) is 14.0. The van der Waals surface area contributed by atoms with Gasteiger partial charge in [0.15, 0.2) is 0 Å². The number of aryl methyl sites for hydroxylation is 1. The van der Waals surface area contributed by atoms with E-state index in [1.165, 1.54) is 11.3 Å². The molecular weight excluding hydrogens is 282 g/mol. The third-order valence-electron chi connectivity index (χ3n) is 2.74. The van der Waals surface area contributed by atoms with Crippen LogP contribution in [-0.2, 0) is 24.1 Å². The molecule has 0 amide bonds. The number of benzene rings is 1. The number of hydrogen-bond donors (Lipinski definition) is 1. The number of thiazole rings is 1. The highest BCUT2D eigenvalue weighted by atomic mass is 35.5. The summed E-state index contributed by atoms with van der Waals surface area (Å²) in [5.74, 6) is -0.809. The molecule has 0 spiro atoms. The zero-order chi connectivity index (χ0) is 13.8. The largest absolute Gasteiger partial charge is 0.481 e. The lowest BCUT2D eigenvalue weighted by molar-refractivity contribution is -0.136. The van der Waals surface area contributed by atoms with Crippen molar-refractivity contribution in [2.45, 2.75) is 26.2 Å². The fourth-order valence-electron chi connectivity index (χ4n) is 1.84. The van der Waals surface area contributed by atoms with Crippen LogP contribution in [0.4, 0.5) is 0 Å². The maximum atomic E-state index is 10.8. The number of rotatable bonds is 5. The highest BCUT2D eigenvalue weighted by molar-refractivity contribution is 7.11. The van der Waals surface area contributed by atoms with Crippen molar-refractivity contribution in [1.82, 2.24) is 4.98 Å². The van der Waals surface area contributed by atoms with Gasteiger partial charge in [0, 0.05) is 16.3 Å². The van der Waals surface area contributed by atoms with Gasteiger partial charge in [-0.1, -0.05) is 30.7 Å². The molecule has 19 heavy (non-hydrogen) atoms. The molecule has 0 aliphatic carbocycles. The van der Waals surface area contributed by atoms with Crippen LogP contribution in [0.25, 0.3) is 0 Å². The molecule has 1 N–H and O–H groups in total. The summed E-state index contributed by atoms with van der Waals surface area (Å²) in [7, 11) is 0. The predicted octanol–water partition coefficient (Wildman–Crippen LogP) is 3.58. The average Bonchev–Trinajstić information content (AvgIpc) is 2.73. The zero-order valence-corrected chi connectivity index (χ0v) is 12.1. The van der Waals surface area contributed by atoms with Crippen LogP contribution >= 0.6 is 22.9 Å². The Balaban J connectivity index is 2.18. The van der Waals surface area contributed by atoms with Crippen molar-refractivity contribution in [3.8, 4) is 0 Å². The van der Waals surface area contributed by atoms with Gasteiger partial charge < -0.3 is 5.11 Å². The van der Waals surface area contributed by atoms with E-state index in [0.29, 0.717) is 11.4 Å². The Kier molecular flexibility index (Phi) is 4.56. The van der Waals surface area contributed by atoms with Gasteiger partial charge in [-0.05, 0) is 24.1 Å². The maximum Gasteiger partial charge on any atom is 0.308 e. The Bertz CT molecular complexity index is 578. The highest BCUT2D eigenvalue weighted by Gasteiger charge is 2.13. The molecule has 2 rings (SSSR count). The summed E-state index contributed by atoms with van der Waals surface area (Å²) in [6, 6.07) is 7.63. The lowest BCUT2D eigenvalue weighted by Gasteiger charge is -1.97. The van der Waals surface area contributed by atoms with E-state index in [1.54, 1.807) is 0 Å². The smallest absolute Gasteiger partial charge is 0.308 e. The summed E-state index contributed by atoms with van der Waals surface area (Å²) < 4.78 is 0. The molecule has 0 unspecified atom stereocenters. The molecule has 1 aromatic carbocycles. The van der Waals surface area contributed by atoms with Gasteiger partial charge in [0.25, 0.3) is 0 Å². The van der Waals surface area contributed by atoms with Gasteiger partial charge in [-0.2, -0.15) is 0 Å². The molecule has 0 radical (unpaired) electrons. The lowest BCUT2D eigenvalue weighted by Crippen LogP contribution is -2.00. The third-order valence-corrected chi connectivity index (χ3v) is 4.09. The van der Waals surface area contributed by atoms with Crippen LogP contribution in [0.1, 0.15) is 28.1 Å². The van der Waals surface area contributed by atoms with E-state index in [0.717, 1.165) is 27.6 Å². The van der Waals surface area contributed by atoms with E-state index in [1.807, 2.05) is 31.2 Å². The predicted molar refractivity (Wildman–Crippen MR) is 77.1 cm³/mol. The SMILES string of the molecule is CCc1nc(Cc2ccc(Cl)cc2)sc1CC(=O)O. The molecule has 0 saturated heterocycles. The standard InChI is InChI=1S/C14H14ClNO2S/c1-2-11-12(8-14(17)18)19-13(16-11)7-9-3-5-10(15)6-4-9/h3-6H,2,7-8H2,1H3,(H,17,18). The van der Waals surface area contributed by atoms with Crippen molar-refractivity contribution >= 4 is 28.9 Å². The van der Waals surface area contributed by atoms with Crippen LogP contribution in [0.3, 0.4) is 0 Å². The van der Waals surface area contributed by atoms with Crippen LogP contribution in [0, 0.1) is 0 Å². The molecule has 0 atom stereocenters. The molecule has 1 aromatic heterocycles. The monoisotopic (exact) mass is 295 g/mol. The van der Waals surface area contributed by atoms with E-state index in [-0.39, 0.29) is 6.42 Å². The van der Waals surface area contributed by atoms with Crippen molar-refractivity contribution in [1.29, 1.82) is 0 Å². The molecular formula is C14H14ClNO2S. The topological polar surface area (TPSA) is 50.2 Å². The molecule has 0 saturated carbocycles. The number of carbonyl (C=O) groups is 1. The second kappa shape index (κ2) is 6.17. The fraction of sp³-hybridized carbons (Fsp3) is 0.286. The fourth-order valence-corrected chi connectivity index (χ4v) is 3.15. The number of carboxylic acid groups (broad SMARTS) is 1. The second-order valence-electron chi connectivity index (χ2n) is 4.20. The molecule has 0 aliphatic heterocycles. The maximum absolute atomic E-state index is 10.8. The van der Waals surface area contributed by atoms with E-state index in [2.05, 4.69) is 4.98 Å². The van der Waals surface area contributed by atoms with Crippen LogP contribution in [-0.4, -0.2) is 16.1 Å². The molecule has 2 aromatic rings. The van der Waals surface area contributed by atoms with Crippen molar-refractivity contribution in [2.24, 2.45) is 0 Å². The van der Waals surface area contributed by atoms with Gasteiger partial charge in [-0.3, -0.25) is 4.79 Å². The van der Waals surface area contributed by atoms with Gasteiger partial charge in [0.2, 0.25) is 0 Å². The minimum atomic E-state index is -0.809. The Labute approximate surface area is 120 Å². The van der Waals surface area contributed by atoms with E-state index in [9.17, 15) is 4.79 Å². The normalized spacial score (nSPS) is 10.6. The van der Waals surface area contributed by atoms with Crippen molar-refractivity contribution in [2.75, 3.05) is 0 Å². The quantitative estimate of drug-likeness (QED) is 0.917. The van der Waals surface area contributed by atoms with Gasteiger partial charge in [-0.25, -0.2) is 4.98 Å². The first-order valence-corrected chi connectivity index (χ1v) is 7.21. The molecule has 1 heterocycles. The highest BCUT2D eigenvalue weighted by Crippen LogP contribution is 2.23. The first-order valence-electron chi connectivity index (χ1n) is 6.02. The van der Waals surface area contributed by atoms with E-state index < -0.39 is 5.97 Å². The molecule has 0 fully saturated rings. The number of nitrogens with zero attached hydrogens (tertiary/aromatic N) is 1. The van der Waals surface area contributed by atoms with Crippen LogP contribution < -0.4 is 0 Å². The van der Waals surface area contributed by atoms with E-state index >= 15 is 0 Å². The number of carboxylic acids is 1. The minimum absolute atomic E-state index is 0.0570. The van der Waals surface area contributed by atoms with Gasteiger partial charge in [-0.15, -0.1) is 11.3 Å². The number of halogens is 1. The Morgan fingerprint density at radius 1 is 1.37 bits per heavy atom. The molecule has 0 aliphatic rings. The van der Waals surface area contributed by atoms with Crippen molar-refractivity contribution < 1.29 is 9.90 Å². The summed E-state index contributed by atoms with van der Waals surface area (Å²) in [5.41, 5.74) is 2.03. The summed E-state index contributed by atoms with van der Waals surface area (Å²) in [5, 5.41) is 10.5. The van der Waals surface area contributed by atoms with E-state index in [4.69, 9.17) is 16.7 Å².